The van der Waals surface area contributed by atoms with Crippen LogP contribution in [0.5, 0.6) is 0 Å². The van der Waals surface area contributed by atoms with Crippen LogP contribution in [0.4, 0.5) is 0 Å². The van der Waals surface area contributed by atoms with E-state index in [2.05, 4.69) is 31.0 Å². The zero-order chi connectivity index (χ0) is 14.6. The first-order chi connectivity index (χ1) is 10.1. The summed E-state index contributed by atoms with van der Waals surface area (Å²) in [6.45, 7) is 4.36. The number of Topliss-reactive ketones (excluding diaryl/α,β-unsaturated/α-hetero) is 1. The molecule has 0 saturated heterocycles. The Bertz CT molecular complexity index is 791. The lowest BCUT2D eigenvalue weighted by molar-refractivity contribution is 0.0913. The lowest BCUT2D eigenvalue weighted by Gasteiger charge is -2.29. The van der Waals surface area contributed by atoms with Gasteiger partial charge in [-0.1, -0.05) is 32.1 Å². The van der Waals surface area contributed by atoms with Crippen molar-refractivity contribution in [3.05, 3.63) is 45.8 Å². The third kappa shape index (κ3) is 2.05. The average Bonchev–Trinajstić information content (AvgIpc) is 2.92. The van der Waals surface area contributed by atoms with Crippen molar-refractivity contribution in [2.75, 3.05) is 0 Å². The average molecular weight is 313 g/mol. The molecule has 2 nitrogen and oxygen atoms in total. The summed E-state index contributed by atoms with van der Waals surface area (Å²) < 4.78 is 0. The highest BCUT2D eigenvalue weighted by atomic mass is 32.1. The first-order valence-corrected chi connectivity index (χ1v) is 8.72. The van der Waals surface area contributed by atoms with Crippen LogP contribution < -0.4 is 0 Å². The summed E-state index contributed by atoms with van der Waals surface area (Å²) in [5.74, 6) is 0.288. The van der Waals surface area contributed by atoms with Gasteiger partial charge in [-0.05, 0) is 23.0 Å². The molecule has 0 N–H and O–H groups in total. The summed E-state index contributed by atoms with van der Waals surface area (Å²) in [5.41, 5.74) is 3.40. The van der Waals surface area contributed by atoms with Crippen LogP contribution in [0.2, 0.25) is 0 Å². The summed E-state index contributed by atoms with van der Waals surface area (Å²) in [7, 11) is 0. The molecule has 0 radical (unpaired) electrons. The number of hydrogen-bond acceptors (Lipinski definition) is 4. The number of carbonyl (C=O) groups is 1. The highest BCUT2D eigenvalue weighted by Gasteiger charge is 2.37. The monoisotopic (exact) mass is 313 g/mol. The maximum absolute atomic E-state index is 12.7. The van der Waals surface area contributed by atoms with Crippen LogP contribution in [0.25, 0.3) is 15.5 Å². The van der Waals surface area contributed by atoms with E-state index in [4.69, 9.17) is 0 Å². The van der Waals surface area contributed by atoms with E-state index in [1.165, 1.54) is 16.0 Å². The summed E-state index contributed by atoms with van der Waals surface area (Å²) in [5, 5.41) is 3.04. The van der Waals surface area contributed by atoms with Crippen molar-refractivity contribution in [2.24, 2.45) is 5.41 Å². The van der Waals surface area contributed by atoms with Crippen molar-refractivity contribution in [1.82, 2.24) is 4.98 Å². The Morgan fingerprint density at radius 2 is 2.05 bits per heavy atom. The molecule has 0 spiro atoms. The predicted molar refractivity (Wildman–Crippen MR) is 89.0 cm³/mol. The third-order valence-corrected chi connectivity index (χ3v) is 6.23. The largest absolute Gasteiger partial charge is 0.294 e. The van der Waals surface area contributed by atoms with Gasteiger partial charge in [0, 0.05) is 28.4 Å². The summed E-state index contributed by atoms with van der Waals surface area (Å²) in [6.07, 6.45) is 9.63. The van der Waals surface area contributed by atoms with E-state index in [1.807, 2.05) is 17.7 Å². The van der Waals surface area contributed by atoms with Gasteiger partial charge in [0.2, 0.25) is 0 Å². The number of nitrogens with zero attached hydrogens (tertiary/aromatic N) is 1. The number of rotatable bonds is 2. The van der Waals surface area contributed by atoms with Gasteiger partial charge in [0.1, 0.15) is 5.01 Å². The minimum Gasteiger partial charge on any atom is -0.294 e. The Morgan fingerprint density at radius 3 is 2.67 bits per heavy atom. The topological polar surface area (TPSA) is 30.0 Å². The van der Waals surface area contributed by atoms with Gasteiger partial charge in [-0.3, -0.25) is 4.79 Å². The van der Waals surface area contributed by atoms with Gasteiger partial charge in [-0.15, -0.1) is 22.7 Å². The van der Waals surface area contributed by atoms with Gasteiger partial charge in [-0.25, -0.2) is 4.98 Å². The van der Waals surface area contributed by atoms with Crippen molar-refractivity contribution in [2.45, 2.75) is 26.7 Å². The molecule has 2 aliphatic rings. The molecule has 106 valence electrons. The van der Waals surface area contributed by atoms with Crippen LogP contribution in [0.1, 0.15) is 41.1 Å². The van der Waals surface area contributed by atoms with Crippen LogP contribution in [0.3, 0.4) is 0 Å². The van der Waals surface area contributed by atoms with E-state index in [9.17, 15) is 4.79 Å². The van der Waals surface area contributed by atoms with Crippen LogP contribution in [0.15, 0.2) is 29.8 Å². The van der Waals surface area contributed by atoms with Crippen molar-refractivity contribution in [3.63, 3.8) is 0 Å². The molecule has 0 aliphatic heterocycles. The maximum Gasteiger partial charge on any atom is 0.165 e. The van der Waals surface area contributed by atoms with Gasteiger partial charge in [0.15, 0.2) is 5.78 Å². The number of thiophene rings is 1. The van der Waals surface area contributed by atoms with E-state index in [0.29, 0.717) is 6.42 Å². The fourth-order valence-electron chi connectivity index (χ4n) is 3.05. The number of thiazole rings is 1. The molecule has 2 aromatic heterocycles. The Morgan fingerprint density at radius 1 is 1.24 bits per heavy atom. The van der Waals surface area contributed by atoms with Gasteiger partial charge in [0.05, 0.1) is 4.88 Å². The summed E-state index contributed by atoms with van der Waals surface area (Å²) in [6, 6.07) is 0. The molecule has 2 aromatic rings. The molecule has 0 bridgehead atoms. The predicted octanol–water partition coefficient (Wildman–Crippen LogP) is 4.98. The highest BCUT2D eigenvalue weighted by Crippen LogP contribution is 2.48. The van der Waals surface area contributed by atoms with E-state index in [1.54, 1.807) is 22.7 Å². The summed E-state index contributed by atoms with van der Waals surface area (Å²) >= 11 is 3.38. The molecule has 0 aromatic carbocycles. The van der Waals surface area contributed by atoms with Gasteiger partial charge in [0.25, 0.3) is 0 Å². The van der Waals surface area contributed by atoms with Crippen LogP contribution in [-0.4, -0.2) is 10.8 Å². The SMILES string of the molecule is CC1(C)CC(=O)c2c(C3=CC=C3)sc(-c3nccs3)c2C1. The minimum atomic E-state index is 0.0400. The molecular weight excluding hydrogens is 298 g/mol. The normalized spacial score (nSPS) is 19.1. The number of allylic oxidation sites excluding steroid dienone is 4. The molecule has 0 amide bonds. The van der Waals surface area contributed by atoms with Crippen molar-refractivity contribution >= 4 is 34.0 Å². The fraction of sp³-hybridized carbons (Fsp3) is 0.294. The molecule has 2 heterocycles. The van der Waals surface area contributed by atoms with E-state index in [-0.39, 0.29) is 11.2 Å². The number of ketones is 1. The number of hydrogen-bond donors (Lipinski definition) is 0. The highest BCUT2D eigenvalue weighted by molar-refractivity contribution is 7.22. The molecule has 0 atom stereocenters. The smallest absolute Gasteiger partial charge is 0.165 e. The lowest BCUT2D eigenvalue weighted by Crippen LogP contribution is -2.26. The van der Waals surface area contributed by atoms with Crippen molar-refractivity contribution in [1.29, 1.82) is 0 Å². The molecular formula is C17H15NOS2. The second-order valence-electron chi connectivity index (χ2n) is 6.37. The Balaban J connectivity index is 1.95. The molecule has 2 aliphatic carbocycles. The van der Waals surface area contributed by atoms with Gasteiger partial charge >= 0.3 is 0 Å². The Labute approximate surface area is 131 Å². The zero-order valence-corrected chi connectivity index (χ0v) is 13.6. The Kier molecular flexibility index (Phi) is 2.81. The van der Waals surface area contributed by atoms with E-state index >= 15 is 0 Å². The fourth-order valence-corrected chi connectivity index (χ4v) is 5.15. The minimum absolute atomic E-state index is 0.0400. The first-order valence-electron chi connectivity index (χ1n) is 7.03. The molecule has 4 rings (SSSR count). The van der Waals surface area contributed by atoms with Gasteiger partial charge < -0.3 is 0 Å². The standard InChI is InChI=1S/C17H15NOS2/c1-17(2)8-11-13(12(19)9-17)14(10-4-3-5-10)21-15(11)16-18-6-7-20-16/h3-7H,8-9H2,1-2H3. The molecule has 21 heavy (non-hydrogen) atoms. The molecule has 4 heteroatoms. The first kappa shape index (κ1) is 13.2. The van der Waals surface area contributed by atoms with Crippen LogP contribution in [0, 0.1) is 5.41 Å². The molecule has 0 fully saturated rings. The maximum atomic E-state index is 12.7. The van der Waals surface area contributed by atoms with Crippen molar-refractivity contribution in [3.8, 4) is 9.88 Å². The molecule has 0 unspecified atom stereocenters. The zero-order valence-electron chi connectivity index (χ0n) is 12.0. The number of fused-ring (bicyclic) bond motifs is 1. The summed E-state index contributed by atoms with van der Waals surface area (Å²) in [4.78, 5) is 19.5. The van der Waals surface area contributed by atoms with Crippen LogP contribution in [-0.2, 0) is 6.42 Å². The second-order valence-corrected chi connectivity index (χ2v) is 8.29. The third-order valence-electron chi connectivity index (χ3n) is 4.02. The molecule has 0 saturated carbocycles. The lowest BCUT2D eigenvalue weighted by atomic mass is 9.73. The van der Waals surface area contributed by atoms with Crippen LogP contribution >= 0.6 is 22.7 Å². The quantitative estimate of drug-likeness (QED) is 0.782. The van der Waals surface area contributed by atoms with E-state index < -0.39 is 0 Å². The second kappa shape index (κ2) is 4.49. The van der Waals surface area contributed by atoms with E-state index in [0.717, 1.165) is 21.9 Å². The number of aromatic nitrogens is 1. The van der Waals surface area contributed by atoms with Gasteiger partial charge in [-0.2, -0.15) is 0 Å². The van der Waals surface area contributed by atoms with Crippen molar-refractivity contribution < 1.29 is 4.79 Å². The number of carbonyl (C=O) groups excluding carboxylic acids is 1. The Hall–Kier alpha value is -1.52.